The Bertz CT molecular complexity index is 615. The lowest BCUT2D eigenvalue weighted by Crippen LogP contribution is -2.29. The van der Waals surface area contributed by atoms with E-state index in [0.29, 0.717) is 18.4 Å². The molecule has 0 unspecified atom stereocenters. The molecule has 3 N–H and O–H groups in total. The third-order valence-corrected chi connectivity index (χ3v) is 3.89. The van der Waals surface area contributed by atoms with E-state index >= 15 is 0 Å². The molecule has 3 rings (SSSR count). The van der Waals surface area contributed by atoms with Gasteiger partial charge >= 0.3 is 0 Å². The zero-order valence-electron chi connectivity index (χ0n) is 12.2. The summed E-state index contributed by atoms with van der Waals surface area (Å²) in [6.45, 7) is 2.37. The first-order chi connectivity index (χ1) is 10.3. The van der Waals surface area contributed by atoms with Crippen LogP contribution in [-0.4, -0.2) is 41.1 Å². The molecule has 0 amide bonds. The molecule has 6 nitrogen and oxygen atoms in total. The Morgan fingerprint density at radius 2 is 2.24 bits per heavy atom. The fourth-order valence-electron chi connectivity index (χ4n) is 2.66. The Balaban J connectivity index is 1.90. The monoisotopic (exact) mass is 284 g/mol. The molecule has 1 saturated heterocycles. The minimum absolute atomic E-state index is 0.384. The fraction of sp³-hybridized carbons (Fsp3) is 0.400. The Morgan fingerprint density at radius 3 is 3.00 bits per heavy atom. The van der Waals surface area contributed by atoms with Crippen molar-refractivity contribution < 1.29 is 0 Å². The van der Waals surface area contributed by atoms with E-state index in [9.17, 15) is 0 Å². The number of hydrogen-bond donors (Lipinski definition) is 2. The Labute approximate surface area is 124 Å². The van der Waals surface area contributed by atoms with Gasteiger partial charge < -0.3 is 16.0 Å². The van der Waals surface area contributed by atoms with Gasteiger partial charge in [-0.15, -0.1) is 0 Å². The zero-order valence-corrected chi connectivity index (χ0v) is 12.2. The molecular formula is C15H20N6. The summed E-state index contributed by atoms with van der Waals surface area (Å²) >= 11 is 0. The van der Waals surface area contributed by atoms with Crippen LogP contribution in [0.15, 0.2) is 30.6 Å². The second kappa shape index (κ2) is 6.15. The van der Waals surface area contributed by atoms with Crippen LogP contribution in [0.4, 0.5) is 5.82 Å². The second-order valence-electron chi connectivity index (χ2n) is 5.16. The van der Waals surface area contributed by atoms with Gasteiger partial charge in [-0.25, -0.2) is 9.97 Å². The van der Waals surface area contributed by atoms with Gasteiger partial charge in [0.1, 0.15) is 5.82 Å². The highest BCUT2D eigenvalue weighted by Gasteiger charge is 2.22. The lowest BCUT2D eigenvalue weighted by atomic mass is 10.2. The quantitative estimate of drug-likeness (QED) is 0.864. The number of pyridine rings is 1. The van der Waals surface area contributed by atoms with Crippen molar-refractivity contribution in [3.05, 3.63) is 36.3 Å². The third kappa shape index (κ3) is 2.86. The van der Waals surface area contributed by atoms with Crippen molar-refractivity contribution in [3.8, 4) is 11.4 Å². The van der Waals surface area contributed by atoms with E-state index in [1.54, 1.807) is 12.4 Å². The van der Waals surface area contributed by atoms with Crippen LogP contribution in [0.2, 0.25) is 0 Å². The van der Waals surface area contributed by atoms with Gasteiger partial charge in [-0.3, -0.25) is 4.98 Å². The number of likely N-dealkylation sites (N-methyl/N-ethyl adjacent to an activating group) is 1. The first-order valence-corrected chi connectivity index (χ1v) is 7.21. The lowest BCUT2D eigenvalue weighted by molar-refractivity contribution is 0.616. The van der Waals surface area contributed by atoms with Gasteiger partial charge in [-0.2, -0.15) is 0 Å². The highest BCUT2D eigenvalue weighted by Crippen LogP contribution is 2.22. The number of anilines is 1. The molecule has 0 bridgehead atoms. The number of rotatable bonds is 4. The maximum absolute atomic E-state index is 5.75. The number of nitrogens with zero attached hydrogens (tertiary/aromatic N) is 4. The average molecular weight is 284 g/mol. The van der Waals surface area contributed by atoms with Gasteiger partial charge in [0.05, 0.1) is 5.69 Å². The van der Waals surface area contributed by atoms with Crippen LogP contribution in [0.25, 0.3) is 11.4 Å². The molecule has 1 fully saturated rings. The van der Waals surface area contributed by atoms with E-state index in [4.69, 9.17) is 10.7 Å². The summed E-state index contributed by atoms with van der Waals surface area (Å²) in [5, 5.41) is 3.32. The van der Waals surface area contributed by atoms with Gasteiger partial charge in [-0.05, 0) is 31.7 Å². The summed E-state index contributed by atoms with van der Waals surface area (Å²) in [5.74, 6) is 1.65. The molecule has 1 atom stereocenters. The van der Waals surface area contributed by atoms with E-state index < -0.39 is 0 Å². The maximum atomic E-state index is 5.75. The predicted molar refractivity (Wildman–Crippen MR) is 82.8 cm³/mol. The zero-order chi connectivity index (χ0) is 14.7. The smallest absolute Gasteiger partial charge is 0.163 e. The fourth-order valence-corrected chi connectivity index (χ4v) is 2.66. The van der Waals surface area contributed by atoms with Gasteiger partial charge in [0.25, 0.3) is 0 Å². The third-order valence-electron chi connectivity index (χ3n) is 3.89. The summed E-state index contributed by atoms with van der Waals surface area (Å²) in [7, 11) is 2.00. The van der Waals surface area contributed by atoms with Crippen LogP contribution in [-0.2, 0) is 6.54 Å². The summed E-state index contributed by atoms with van der Waals surface area (Å²) in [6.07, 6.45) is 4.68. The highest BCUT2D eigenvalue weighted by atomic mass is 15.2. The summed E-state index contributed by atoms with van der Waals surface area (Å²) in [6, 6.07) is 6.34. The number of nitrogens with one attached hydrogen (secondary N) is 1. The number of aromatic nitrogens is 3. The SMILES string of the molecule is CN[C@@H]1CCN(c2ccnc(-c3cccnc3CN)n2)C1. The highest BCUT2D eigenvalue weighted by molar-refractivity contribution is 5.60. The molecular weight excluding hydrogens is 264 g/mol. The molecule has 2 aromatic rings. The van der Waals surface area contributed by atoms with Crippen LogP contribution in [0.3, 0.4) is 0 Å². The molecule has 21 heavy (non-hydrogen) atoms. The van der Waals surface area contributed by atoms with E-state index in [-0.39, 0.29) is 0 Å². The van der Waals surface area contributed by atoms with Crippen molar-refractivity contribution >= 4 is 5.82 Å². The minimum atomic E-state index is 0.384. The topological polar surface area (TPSA) is 80.0 Å². The van der Waals surface area contributed by atoms with Gasteiger partial charge in [0, 0.05) is 43.6 Å². The van der Waals surface area contributed by atoms with Gasteiger partial charge in [0.2, 0.25) is 0 Å². The van der Waals surface area contributed by atoms with Crippen LogP contribution in [0.5, 0.6) is 0 Å². The van der Waals surface area contributed by atoms with Crippen molar-refractivity contribution in [3.63, 3.8) is 0 Å². The largest absolute Gasteiger partial charge is 0.355 e. The molecule has 0 radical (unpaired) electrons. The van der Waals surface area contributed by atoms with Crippen molar-refractivity contribution in [1.82, 2.24) is 20.3 Å². The average Bonchev–Trinajstić information content (AvgIpc) is 3.04. The van der Waals surface area contributed by atoms with E-state index in [0.717, 1.165) is 36.6 Å². The molecule has 6 heteroatoms. The van der Waals surface area contributed by atoms with Crippen LogP contribution in [0, 0.1) is 0 Å². The van der Waals surface area contributed by atoms with Crippen LogP contribution in [0.1, 0.15) is 12.1 Å². The molecule has 0 spiro atoms. The number of hydrogen-bond acceptors (Lipinski definition) is 6. The molecule has 2 aromatic heterocycles. The van der Waals surface area contributed by atoms with E-state index in [2.05, 4.69) is 20.2 Å². The molecule has 0 saturated carbocycles. The number of nitrogens with two attached hydrogens (primary N) is 1. The van der Waals surface area contributed by atoms with Crippen molar-refractivity contribution in [1.29, 1.82) is 0 Å². The standard InChI is InChI=1S/C15H20N6/c1-17-11-5-8-21(10-11)14-4-7-19-15(20-14)12-3-2-6-18-13(12)9-16/h2-4,6-7,11,17H,5,8-10,16H2,1H3/t11-/m1/s1. The molecule has 1 aliphatic heterocycles. The second-order valence-corrected chi connectivity index (χ2v) is 5.16. The van der Waals surface area contributed by atoms with Crippen molar-refractivity contribution in [2.45, 2.75) is 19.0 Å². The maximum Gasteiger partial charge on any atom is 0.163 e. The Hall–Kier alpha value is -2.05. The lowest BCUT2D eigenvalue weighted by Gasteiger charge is -2.18. The summed E-state index contributed by atoms with van der Waals surface area (Å²) < 4.78 is 0. The van der Waals surface area contributed by atoms with E-state index in [1.165, 1.54) is 0 Å². The Morgan fingerprint density at radius 1 is 1.33 bits per heavy atom. The molecule has 1 aliphatic rings. The van der Waals surface area contributed by atoms with Crippen LogP contribution < -0.4 is 16.0 Å². The normalized spacial score (nSPS) is 18.2. The first kappa shape index (κ1) is 13.9. The molecule has 110 valence electrons. The van der Waals surface area contributed by atoms with Crippen molar-refractivity contribution in [2.24, 2.45) is 5.73 Å². The minimum Gasteiger partial charge on any atom is -0.355 e. The van der Waals surface area contributed by atoms with Gasteiger partial charge in [0.15, 0.2) is 5.82 Å². The van der Waals surface area contributed by atoms with Crippen LogP contribution >= 0.6 is 0 Å². The summed E-state index contributed by atoms with van der Waals surface area (Å²) in [5.41, 5.74) is 7.48. The molecule has 3 heterocycles. The molecule has 0 aliphatic carbocycles. The Kier molecular flexibility index (Phi) is 4.08. The molecule has 0 aromatic carbocycles. The van der Waals surface area contributed by atoms with Gasteiger partial charge in [-0.1, -0.05) is 0 Å². The predicted octanol–water partition coefficient (Wildman–Crippen LogP) is 0.795. The first-order valence-electron chi connectivity index (χ1n) is 7.21. The van der Waals surface area contributed by atoms with E-state index in [1.807, 2.05) is 25.2 Å². The summed E-state index contributed by atoms with van der Waals surface area (Å²) in [4.78, 5) is 15.7. The van der Waals surface area contributed by atoms with Crippen molar-refractivity contribution in [2.75, 3.05) is 25.0 Å².